The topological polar surface area (TPSA) is 21.3 Å². The van der Waals surface area contributed by atoms with E-state index in [0.29, 0.717) is 23.9 Å². The van der Waals surface area contributed by atoms with Crippen molar-refractivity contribution in [2.75, 3.05) is 18.5 Å². The summed E-state index contributed by atoms with van der Waals surface area (Å²) < 4.78 is 18.9. The fraction of sp³-hybridized carbons (Fsp3) is 0.200. The maximum absolute atomic E-state index is 13.4. The third kappa shape index (κ3) is 4.45. The summed E-state index contributed by atoms with van der Waals surface area (Å²) in [7, 11) is 0. The summed E-state index contributed by atoms with van der Waals surface area (Å²) in [6.45, 7) is 1.21. The number of benzene rings is 2. The maximum Gasteiger partial charge on any atom is 0.146 e. The molecule has 0 aromatic heterocycles. The molecule has 2 rings (SSSR count). The van der Waals surface area contributed by atoms with Crippen LogP contribution < -0.4 is 10.1 Å². The first kappa shape index (κ1) is 13.7. The van der Waals surface area contributed by atoms with Crippen LogP contribution in [0, 0.1) is 5.82 Å². The molecular formula is C15H15ClFNO. The Kier molecular flexibility index (Phi) is 5.04. The van der Waals surface area contributed by atoms with E-state index in [0.717, 1.165) is 12.2 Å². The Morgan fingerprint density at radius 3 is 2.68 bits per heavy atom. The van der Waals surface area contributed by atoms with Gasteiger partial charge in [0.25, 0.3) is 0 Å². The lowest BCUT2D eigenvalue weighted by atomic mass is 10.3. The van der Waals surface area contributed by atoms with E-state index in [9.17, 15) is 4.39 Å². The maximum atomic E-state index is 13.4. The fourth-order valence-electron chi connectivity index (χ4n) is 1.63. The van der Waals surface area contributed by atoms with Crippen LogP contribution in [0.4, 0.5) is 10.1 Å². The number of hydrogen-bond acceptors (Lipinski definition) is 2. The van der Waals surface area contributed by atoms with Gasteiger partial charge in [-0.15, -0.1) is 0 Å². The minimum Gasteiger partial charge on any atom is -0.494 e. The average Bonchev–Trinajstić information content (AvgIpc) is 2.43. The van der Waals surface area contributed by atoms with Crippen LogP contribution in [0.25, 0.3) is 0 Å². The molecule has 2 aromatic rings. The van der Waals surface area contributed by atoms with E-state index in [1.165, 1.54) is 12.1 Å². The Morgan fingerprint density at radius 2 is 1.89 bits per heavy atom. The van der Waals surface area contributed by atoms with Gasteiger partial charge in [-0.05, 0) is 36.8 Å². The largest absolute Gasteiger partial charge is 0.494 e. The molecule has 0 fully saturated rings. The van der Waals surface area contributed by atoms with Crippen molar-refractivity contribution in [2.24, 2.45) is 0 Å². The SMILES string of the molecule is Fc1ccc(Cl)cc1NCCCOc1ccccc1. The van der Waals surface area contributed by atoms with Crippen molar-refractivity contribution < 1.29 is 9.13 Å². The van der Waals surface area contributed by atoms with Crippen molar-refractivity contribution in [3.8, 4) is 5.75 Å². The van der Waals surface area contributed by atoms with Gasteiger partial charge in [0, 0.05) is 11.6 Å². The molecule has 4 heteroatoms. The van der Waals surface area contributed by atoms with E-state index in [1.807, 2.05) is 30.3 Å². The molecule has 0 aliphatic carbocycles. The number of halogens is 2. The lowest BCUT2D eigenvalue weighted by molar-refractivity contribution is 0.315. The van der Waals surface area contributed by atoms with Crippen molar-refractivity contribution in [3.63, 3.8) is 0 Å². The zero-order chi connectivity index (χ0) is 13.5. The summed E-state index contributed by atoms with van der Waals surface area (Å²) in [5.74, 6) is 0.546. The zero-order valence-electron chi connectivity index (χ0n) is 10.4. The van der Waals surface area contributed by atoms with E-state index in [4.69, 9.17) is 16.3 Å². The van der Waals surface area contributed by atoms with Gasteiger partial charge >= 0.3 is 0 Å². The van der Waals surface area contributed by atoms with Gasteiger partial charge in [0.15, 0.2) is 0 Å². The Balaban J connectivity index is 1.71. The third-order valence-electron chi connectivity index (χ3n) is 2.58. The van der Waals surface area contributed by atoms with Crippen molar-refractivity contribution in [2.45, 2.75) is 6.42 Å². The van der Waals surface area contributed by atoms with Crippen LogP contribution in [0.15, 0.2) is 48.5 Å². The molecule has 19 heavy (non-hydrogen) atoms. The highest BCUT2D eigenvalue weighted by molar-refractivity contribution is 6.30. The number of ether oxygens (including phenoxy) is 1. The van der Waals surface area contributed by atoms with Crippen molar-refractivity contribution in [1.82, 2.24) is 0 Å². The second kappa shape index (κ2) is 7.00. The third-order valence-corrected chi connectivity index (χ3v) is 2.81. The summed E-state index contributed by atoms with van der Waals surface area (Å²) in [6, 6.07) is 14.1. The summed E-state index contributed by atoms with van der Waals surface area (Å²) in [5, 5.41) is 3.52. The molecule has 0 unspecified atom stereocenters. The summed E-state index contributed by atoms with van der Waals surface area (Å²) >= 11 is 5.81. The van der Waals surface area contributed by atoms with Crippen LogP contribution in [0.1, 0.15) is 6.42 Å². The van der Waals surface area contributed by atoms with Gasteiger partial charge in [-0.3, -0.25) is 0 Å². The second-order valence-corrected chi connectivity index (χ2v) is 4.50. The second-order valence-electron chi connectivity index (χ2n) is 4.07. The van der Waals surface area contributed by atoms with Crippen molar-refractivity contribution >= 4 is 17.3 Å². The van der Waals surface area contributed by atoms with Gasteiger partial charge in [0.05, 0.1) is 12.3 Å². The molecule has 0 aliphatic rings. The lowest BCUT2D eigenvalue weighted by Crippen LogP contribution is -2.08. The molecule has 0 amide bonds. The molecule has 0 bridgehead atoms. The Hall–Kier alpha value is -1.74. The molecule has 0 radical (unpaired) electrons. The average molecular weight is 280 g/mol. The zero-order valence-corrected chi connectivity index (χ0v) is 11.2. The first-order valence-corrected chi connectivity index (χ1v) is 6.50. The molecule has 1 N–H and O–H groups in total. The summed E-state index contributed by atoms with van der Waals surface area (Å²) in [6.07, 6.45) is 0.779. The van der Waals surface area contributed by atoms with Crippen molar-refractivity contribution in [1.29, 1.82) is 0 Å². The molecule has 0 heterocycles. The quantitative estimate of drug-likeness (QED) is 0.793. The van der Waals surface area contributed by atoms with Gasteiger partial charge < -0.3 is 10.1 Å². The van der Waals surface area contributed by atoms with Crippen molar-refractivity contribution in [3.05, 3.63) is 59.4 Å². The molecule has 0 aliphatic heterocycles. The fourth-order valence-corrected chi connectivity index (χ4v) is 1.81. The van der Waals surface area contributed by atoms with E-state index < -0.39 is 0 Å². The van der Waals surface area contributed by atoms with Gasteiger partial charge in [-0.2, -0.15) is 0 Å². The first-order valence-electron chi connectivity index (χ1n) is 6.12. The van der Waals surface area contributed by atoms with Crippen LogP contribution in [0.5, 0.6) is 5.75 Å². The Morgan fingerprint density at radius 1 is 1.11 bits per heavy atom. The highest BCUT2D eigenvalue weighted by atomic mass is 35.5. The van der Waals surface area contributed by atoms with Gasteiger partial charge in [0.2, 0.25) is 0 Å². The molecule has 2 aromatic carbocycles. The minimum atomic E-state index is -0.298. The van der Waals surface area contributed by atoms with Gasteiger partial charge in [-0.25, -0.2) is 4.39 Å². The molecule has 0 saturated heterocycles. The molecule has 0 spiro atoms. The highest BCUT2D eigenvalue weighted by Gasteiger charge is 2.01. The molecule has 0 saturated carbocycles. The van der Waals surface area contributed by atoms with Crippen LogP contribution in [-0.2, 0) is 0 Å². The van der Waals surface area contributed by atoms with Gasteiger partial charge in [-0.1, -0.05) is 29.8 Å². The van der Waals surface area contributed by atoms with Crippen LogP contribution in [-0.4, -0.2) is 13.2 Å². The lowest BCUT2D eigenvalue weighted by Gasteiger charge is -2.09. The highest BCUT2D eigenvalue weighted by Crippen LogP contribution is 2.19. The van der Waals surface area contributed by atoms with Crippen LogP contribution in [0.2, 0.25) is 5.02 Å². The number of para-hydroxylation sites is 1. The van der Waals surface area contributed by atoms with Crippen LogP contribution >= 0.6 is 11.6 Å². The number of nitrogens with one attached hydrogen (secondary N) is 1. The van der Waals surface area contributed by atoms with E-state index in [-0.39, 0.29) is 5.82 Å². The first-order chi connectivity index (χ1) is 9.25. The van der Waals surface area contributed by atoms with Gasteiger partial charge in [0.1, 0.15) is 11.6 Å². The molecule has 2 nitrogen and oxygen atoms in total. The predicted octanol–water partition coefficient (Wildman–Crippen LogP) is 4.36. The van der Waals surface area contributed by atoms with E-state index in [1.54, 1.807) is 6.07 Å². The van der Waals surface area contributed by atoms with E-state index in [2.05, 4.69) is 5.32 Å². The smallest absolute Gasteiger partial charge is 0.146 e. The number of anilines is 1. The number of hydrogen-bond donors (Lipinski definition) is 1. The summed E-state index contributed by atoms with van der Waals surface area (Å²) in [5.41, 5.74) is 0.423. The molecular weight excluding hydrogens is 265 g/mol. The Bertz CT molecular complexity index is 519. The normalized spacial score (nSPS) is 10.2. The molecule has 100 valence electrons. The Labute approximate surface area is 117 Å². The predicted molar refractivity (Wildman–Crippen MR) is 76.5 cm³/mol. The monoisotopic (exact) mass is 279 g/mol. The standard InChI is InChI=1S/C15H15ClFNO/c16-12-7-8-14(17)15(11-12)18-9-4-10-19-13-5-2-1-3-6-13/h1-3,5-8,11,18H,4,9-10H2. The van der Waals surface area contributed by atoms with E-state index >= 15 is 0 Å². The minimum absolute atomic E-state index is 0.298. The summed E-state index contributed by atoms with van der Waals surface area (Å²) in [4.78, 5) is 0. The van der Waals surface area contributed by atoms with Crippen LogP contribution in [0.3, 0.4) is 0 Å². The molecule has 0 atom stereocenters. The number of rotatable bonds is 6.